The molecule has 1 heterocycles. The van der Waals surface area contributed by atoms with Crippen LogP contribution in [0.15, 0.2) is 60.0 Å². The predicted octanol–water partition coefficient (Wildman–Crippen LogP) is 3.35. The average Bonchev–Trinajstić information content (AvgIpc) is 2.97. The Morgan fingerprint density at radius 1 is 1.12 bits per heavy atom. The second-order valence-corrected chi connectivity index (χ2v) is 8.12. The van der Waals surface area contributed by atoms with Crippen LogP contribution in [0.1, 0.15) is 22.8 Å². The summed E-state index contributed by atoms with van der Waals surface area (Å²) < 4.78 is 29.1. The number of benzene rings is 2. The van der Waals surface area contributed by atoms with Gasteiger partial charge in [0.25, 0.3) is 5.91 Å². The molecule has 2 aromatic carbocycles. The zero-order valence-electron chi connectivity index (χ0n) is 14.8. The first-order valence-electron chi connectivity index (χ1n) is 8.43. The van der Waals surface area contributed by atoms with Crippen LogP contribution in [0, 0.1) is 6.92 Å². The molecule has 0 bridgehead atoms. The number of sulfone groups is 1. The fourth-order valence-electron chi connectivity index (χ4n) is 2.88. The zero-order chi connectivity index (χ0) is 18.7. The average molecular weight is 371 g/mol. The number of hydrogen-bond donors (Lipinski definition) is 0. The van der Waals surface area contributed by atoms with E-state index in [4.69, 9.17) is 4.74 Å². The monoisotopic (exact) mass is 371 g/mol. The fraction of sp³-hybridized carbons (Fsp3) is 0.250. The second kappa shape index (κ2) is 7.33. The van der Waals surface area contributed by atoms with E-state index in [2.05, 4.69) is 0 Å². The number of rotatable bonds is 5. The first kappa shape index (κ1) is 18.2. The van der Waals surface area contributed by atoms with Crippen LogP contribution in [0.25, 0.3) is 0 Å². The Bertz CT molecular complexity index is 915. The summed E-state index contributed by atoms with van der Waals surface area (Å²) in [6.07, 6.45) is 1.57. The van der Waals surface area contributed by atoms with E-state index in [1.807, 2.05) is 38.1 Å². The van der Waals surface area contributed by atoms with Gasteiger partial charge >= 0.3 is 0 Å². The van der Waals surface area contributed by atoms with Crippen LogP contribution >= 0.6 is 0 Å². The Kier molecular flexibility index (Phi) is 5.13. The number of carbonyl (C=O) groups excluding carboxylic acids is 1. The van der Waals surface area contributed by atoms with Crippen LogP contribution in [-0.4, -0.2) is 32.7 Å². The highest BCUT2D eigenvalue weighted by Crippen LogP contribution is 2.26. The Morgan fingerprint density at radius 2 is 1.77 bits per heavy atom. The van der Waals surface area contributed by atoms with Gasteiger partial charge < -0.3 is 9.64 Å². The minimum atomic E-state index is -3.28. The molecule has 0 saturated heterocycles. The number of anilines is 1. The summed E-state index contributed by atoms with van der Waals surface area (Å²) in [6, 6.07) is 13.8. The number of nitrogens with zero attached hydrogens (tertiary/aromatic N) is 1. The van der Waals surface area contributed by atoms with Crippen LogP contribution < -0.4 is 9.64 Å². The van der Waals surface area contributed by atoms with Crippen molar-refractivity contribution < 1.29 is 17.9 Å². The van der Waals surface area contributed by atoms with Crippen molar-refractivity contribution in [2.75, 3.05) is 17.3 Å². The number of ether oxygens (including phenoxy) is 1. The third-order valence-corrected chi connectivity index (χ3v) is 5.56. The Morgan fingerprint density at radius 3 is 2.31 bits per heavy atom. The molecule has 0 aliphatic carbocycles. The van der Waals surface area contributed by atoms with Gasteiger partial charge in [-0.2, -0.15) is 0 Å². The quantitative estimate of drug-likeness (QED) is 0.809. The molecule has 0 N–H and O–H groups in total. The SMILES string of the molecule is CCOc1ccc(C(=O)N(c2ccc(C)cc2)[C@H]2C=CS(=O)(=O)C2)cc1. The van der Waals surface area contributed by atoms with Crippen LogP contribution in [0.3, 0.4) is 0 Å². The standard InChI is InChI=1S/C20H21NO4S/c1-3-25-19-10-6-16(7-11-19)20(22)21(17-8-4-15(2)5-9-17)18-12-13-26(23,24)14-18/h4-13,18H,3,14H2,1-2H3/t18-/m0/s1. The van der Waals surface area contributed by atoms with Gasteiger partial charge in [0.15, 0.2) is 9.84 Å². The van der Waals surface area contributed by atoms with E-state index in [0.717, 1.165) is 5.56 Å². The van der Waals surface area contributed by atoms with Gasteiger partial charge in [-0.1, -0.05) is 17.7 Å². The van der Waals surface area contributed by atoms with Crippen molar-refractivity contribution in [2.45, 2.75) is 19.9 Å². The van der Waals surface area contributed by atoms with E-state index in [0.29, 0.717) is 23.6 Å². The largest absolute Gasteiger partial charge is 0.494 e. The van der Waals surface area contributed by atoms with Gasteiger partial charge in [-0.15, -0.1) is 0 Å². The summed E-state index contributed by atoms with van der Waals surface area (Å²) in [5.41, 5.74) is 2.21. The first-order valence-corrected chi connectivity index (χ1v) is 10.2. The number of hydrogen-bond acceptors (Lipinski definition) is 4. The van der Waals surface area contributed by atoms with E-state index in [9.17, 15) is 13.2 Å². The molecule has 1 atom stereocenters. The second-order valence-electron chi connectivity index (χ2n) is 6.19. The highest BCUT2D eigenvalue weighted by Gasteiger charge is 2.32. The summed E-state index contributed by atoms with van der Waals surface area (Å²) in [5, 5.41) is 1.18. The molecule has 6 heteroatoms. The van der Waals surface area contributed by atoms with Gasteiger partial charge in [0.2, 0.25) is 0 Å². The molecule has 0 aromatic heterocycles. The maximum absolute atomic E-state index is 13.2. The van der Waals surface area contributed by atoms with Crippen molar-refractivity contribution in [2.24, 2.45) is 0 Å². The van der Waals surface area contributed by atoms with E-state index >= 15 is 0 Å². The topological polar surface area (TPSA) is 63.7 Å². The van der Waals surface area contributed by atoms with Gasteiger partial charge in [-0.25, -0.2) is 8.42 Å². The molecule has 136 valence electrons. The third-order valence-electron chi connectivity index (χ3n) is 4.19. The highest BCUT2D eigenvalue weighted by molar-refractivity contribution is 7.94. The van der Waals surface area contributed by atoms with Gasteiger partial charge in [-0.05, 0) is 56.3 Å². The van der Waals surface area contributed by atoms with Crippen molar-refractivity contribution in [3.63, 3.8) is 0 Å². The van der Waals surface area contributed by atoms with Crippen molar-refractivity contribution in [3.05, 3.63) is 71.1 Å². The lowest BCUT2D eigenvalue weighted by Crippen LogP contribution is -2.41. The lowest BCUT2D eigenvalue weighted by atomic mass is 10.1. The maximum atomic E-state index is 13.2. The summed E-state index contributed by atoms with van der Waals surface area (Å²) in [5.74, 6) is 0.335. The fourth-order valence-corrected chi connectivity index (χ4v) is 4.15. The molecule has 2 aromatic rings. The molecule has 0 fully saturated rings. The molecule has 1 aliphatic rings. The van der Waals surface area contributed by atoms with Crippen LogP contribution in [0.2, 0.25) is 0 Å². The molecule has 0 spiro atoms. The molecule has 0 radical (unpaired) electrons. The summed E-state index contributed by atoms with van der Waals surface area (Å²) >= 11 is 0. The van der Waals surface area contributed by atoms with E-state index < -0.39 is 15.9 Å². The molecule has 1 aliphatic heterocycles. The molecule has 5 nitrogen and oxygen atoms in total. The number of carbonyl (C=O) groups is 1. The van der Waals surface area contributed by atoms with Gasteiger partial charge in [0.05, 0.1) is 18.4 Å². The molecular weight excluding hydrogens is 350 g/mol. The predicted molar refractivity (Wildman–Crippen MR) is 102 cm³/mol. The molecular formula is C20H21NO4S. The highest BCUT2D eigenvalue weighted by atomic mass is 32.2. The molecule has 26 heavy (non-hydrogen) atoms. The minimum absolute atomic E-state index is 0.107. The van der Waals surface area contributed by atoms with Crippen molar-refractivity contribution >= 4 is 21.4 Å². The Labute approximate surface area is 153 Å². The van der Waals surface area contributed by atoms with Crippen LogP contribution in [0.4, 0.5) is 5.69 Å². The third kappa shape index (κ3) is 3.96. The first-order chi connectivity index (χ1) is 12.4. The van der Waals surface area contributed by atoms with Crippen molar-refractivity contribution in [3.8, 4) is 5.75 Å². The van der Waals surface area contributed by atoms with E-state index in [-0.39, 0.29) is 11.7 Å². The van der Waals surface area contributed by atoms with E-state index in [1.54, 1.807) is 30.3 Å². The Hall–Kier alpha value is -2.60. The Balaban J connectivity index is 1.95. The van der Waals surface area contributed by atoms with Crippen LogP contribution in [-0.2, 0) is 9.84 Å². The molecule has 3 rings (SSSR count). The smallest absolute Gasteiger partial charge is 0.258 e. The molecule has 0 saturated carbocycles. The minimum Gasteiger partial charge on any atom is -0.494 e. The summed E-state index contributed by atoms with van der Waals surface area (Å²) in [4.78, 5) is 14.7. The zero-order valence-corrected chi connectivity index (χ0v) is 15.6. The lowest BCUT2D eigenvalue weighted by molar-refractivity contribution is 0.0983. The maximum Gasteiger partial charge on any atom is 0.258 e. The van der Waals surface area contributed by atoms with Gasteiger partial charge in [0.1, 0.15) is 5.75 Å². The molecule has 0 unspecified atom stereocenters. The number of aryl methyl sites for hydroxylation is 1. The van der Waals surface area contributed by atoms with Crippen molar-refractivity contribution in [1.82, 2.24) is 0 Å². The van der Waals surface area contributed by atoms with Crippen LogP contribution in [0.5, 0.6) is 5.75 Å². The number of amides is 1. The lowest BCUT2D eigenvalue weighted by Gasteiger charge is -2.28. The van der Waals surface area contributed by atoms with Gasteiger partial charge in [0, 0.05) is 16.7 Å². The molecule has 1 amide bonds. The summed E-state index contributed by atoms with van der Waals surface area (Å²) in [6.45, 7) is 4.40. The van der Waals surface area contributed by atoms with Gasteiger partial charge in [-0.3, -0.25) is 4.79 Å². The summed E-state index contributed by atoms with van der Waals surface area (Å²) in [7, 11) is -3.28. The van der Waals surface area contributed by atoms with E-state index in [1.165, 1.54) is 10.3 Å². The van der Waals surface area contributed by atoms with Crippen molar-refractivity contribution in [1.29, 1.82) is 0 Å². The normalized spacial score (nSPS) is 17.8.